The number of halogens is 2. The van der Waals surface area contributed by atoms with E-state index in [0.717, 1.165) is 31.4 Å². The van der Waals surface area contributed by atoms with Crippen molar-refractivity contribution in [2.45, 2.75) is 70.6 Å². The van der Waals surface area contributed by atoms with Gasteiger partial charge in [-0.1, -0.05) is 75.8 Å². The number of benzene rings is 2. The van der Waals surface area contributed by atoms with Gasteiger partial charge in [-0.25, -0.2) is 17.2 Å². The summed E-state index contributed by atoms with van der Waals surface area (Å²) in [6.07, 6.45) is 9.64. The molecule has 166 valence electrons. The minimum atomic E-state index is -3.70. The molecule has 0 aliphatic carbocycles. The molecule has 1 N–H and O–H groups in total. The van der Waals surface area contributed by atoms with E-state index in [1.807, 2.05) is 18.2 Å². The Labute approximate surface area is 180 Å². The average molecular weight is 438 g/mol. The monoisotopic (exact) mass is 437 g/mol. The Bertz CT molecular complexity index is 857. The van der Waals surface area contributed by atoms with E-state index < -0.39 is 21.7 Å². The van der Waals surface area contributed by atoms with Gasteiger partial charge in [-0.15, -0.1) is 0 Å². The summed E-state index contributed by atoms with van der Waals surface area (Å²) in [5.74, 6) is -1.43. The molecule has 2 aromatic carbocycles. The first kappa shape index (κ1) is 24.3. The summed E-state index contributed by atoms with van der Waals surface area (Å²) in [4.78, 5) is 0. The number of anilines is 1. The minimum absolute atomic E-state index is 0.0936. The third-order valence-electron chi connectivity index (χ3n) is 5.34. The SMILES string of the molecule is CCCCCCCCC(CCCS(=O)(=O)Nc1ccc(F)cc1F)c1ccccc1. The van der Waals surface area contributed by atoms with Gasteiger partial charge in [0.25, 0.3) is 0 Å². The van der Waals surface area contributed by atoms with Crippen molar-refractivity contribution in [2.75, 3.05) is 10.5 Å². The van der Waals surface area contributed by atoms with Gasteiger partial charge >= 0.3 is 0 Å². The Balaban J connectivity index is 1.87. The molecule has 0 bridgehead atoms. The highest BCUT2D eigenvalue weighted by Gasteiger charge is 2.16. The first-order valence-corrected chi connectivity index (χ1v) is 12.6. The fraction of sp³-hybridized carbons (Fsp3) is 0.500. The molecule has 1 unspecified atom stereocenters. The van der Waals surface area contributed by atoms with E-state index in [0.29, 0.717) is 18.4 Å². The summed E-state index contributed by atoms with van der Waals surface area (Å²) in [6, 6.07) is 13.0. The van der Waals surface area contributed by atoms with Crippen molar-refractivity contribution in [1.29, 1.82) is 0 Å². The lowest BCUT2D eigenvalue weighted by atomic mass is 9.89. The minimum Gasteiger partial charge on any atom is -0.281 e. The van der Waals surface area contributed by atoms with E-state index in [2.05, 4.69) is 23.8 Å². The summed E-state index contributed by atoms with van der Waals surface area (Å²) in [5.41, 5.74) is 1.02. The molecule has 0 aromatic heterocycles. The standard InChI is InChI=1S/C24H33F2NO2S/c1-2-3-4-5-6-8-12-21(20-13-9-7-10-14-20)15-11-18-30(28,29)27-24-17-16-22(25)19-23(24)26/h7,9-10,13-14,16-17,19,21,27H,2-6,8,11-12,15,18H2,1H3. The molecule has 0 saturated heterocycles. The van der Waals surface area contributed by atoms with Crippen LogP contribution in [0.1, 0.15) is 76.2 Å². The molecule has 0 saturated carbocycles. The summed E-state index contributed by atoms with van der Waals surface area (Å²) in [5, 5.41) is 0. The van der Waals surface area contributed by atoms with E-state index in [9.17, 15) is 17.2 Å². The van der Waals surface area contributed by atoms with Gasteiger partial charge in [0, 0.05) is 6.07 Å². The van der Waals surface area contributed by atoms with Gasteiger partial charge in [0.15, 0.2) is 0 Å². The number of rotatable bonds is 14. The Morgan fingerprint density at radius 3 is 2.23 bits per heavy atom. The van der Waals surface area contributed by atoms with Crippen LogP contribution in [-0.4, -0.2) is 14.2 Å². The lowest BCUT2D eigenvalue weighted by molar-refractivity contribution is 0.510. The molecular weight excluding hydrogens is 404 g/mol. The van der Waals surface area contributed by atoms with Gasteiger partial charge in [0.05, 0.1) is 11.4 Å². The zero-order chi connectivity index (χ0) is 21.8. The van der Waals surface area contributed by atoms with Crippen molar-refractivity contribution in [3.8, 4) is 0 Å². The topological polar surface area (TPSA) is 46.2 Å². The summed E-state index contributed by atoms with van der Waals surface area (Å²) < 4.78 is 53.7. The molecule has 3 nitrogen and oxygen atoms in total. The molecule has 2 aromatic rings. The maximum absolute atomic E-state index is 13.7. The number of sulfonamides is 1. The van der Waals surface area contributed by atoms with Crippen molar-refractivity contribution in [3.63, 3.8) is 0 Å². The lowest BCUT2D eigenvalue weighted by Gasteiger charge is -2.18. The van der Waals surface area contributed by atoms with E-state index in [1.165, 1.54) is 37.7 Å². The van der Waals surface area contributed by atoms with Crippen LogP contribution in [0.15, 0.2) is 48.5 Å². The molecule has 0 amide bonds. The van der Waals surface area contributed by atoms with Crippen LogP contribution < -0.4 is 4.72 Å². The van der Waals surface area contributed by atoms with E-state index in [1.54, 1.807) is 0 Å². The van der Waals surface area contributed by atoms with Crippen LogP contribution in [-0.2, 0) is 10.0 Å². The van der Waals surface area contributed by atoms with Crippen molar-refractivity contribution in [1.82, 2.24) is 0 Å². The molecule has 6 heteroatoms. The van der Waals surface area contributed by atoms with Gasteiger partial charge in [0.2, 0.25) is 10.0 Å². The van der Waals surface area contributed by atoms with E-state index in [4.69, 9.17) is 0 Å². The summed E-state index contributed by atoms with van der Waals surface area (Å²) in [6.45, 7) is 2.21. The van der Waals surface area contributed by atoms with Crippen LogP contribution in [0, 0.1) is 11.6 Å². The van der Waals surface area contributed by atoms with Crippen molar-refractivity contribution in [2.24, 2.45) is 0 Å². The van der Waals surface area contributed by atoms with Gasteiger partial charge in [-0.2, -0.15) is 0 Å². The smallest absolute Gasteiger partial charge is 0.232 e. The average Bonchev–Trinajstić information content (AvgIpc) is 2.72. The quantitative estimate of drug-likeness (QED) is 0.323. The second kappa shape index (κ2) is 12.7. The Hall–Kier alpha value is -1.95. The maximum atomic E-state index is 13.7. The highest BCUT2D eigenvalue weighted by Crippen LogP contribution is 2.28. The molecule has 0 aliphatic rings. The molecular formula is C24H33F2NO2S. The van der Waals surface area contributed by atoms with Gasteiger partial charge < -0.3 is 0 Å². The van der Waals surface area contributed by atoms with E-state index in [-0.39, 0.29) is 11.4 Å². The van der Waals surface area contributed by atoms with Crippen LogP contribution in [0.3, 0.4) is 0 Å². The van der Waals surface area contributed by atoms with Crippen LogP contribution in [0.5, 0.6) is 0 Å². The zero-order valence-electron chi connectivity index (χ0n) is 17.7. The fourth-order valence-corrected chi connectivity index (χ4v) is 4.83. The number of nitrogens with one attached hydrogen (secondary N) is 1. The first-order valence-electron chi connectivity index (χ1n) is 10.9. The molecule has 2 rings (SSSR count). The number of hydrogen-bond donors (Lipinski definition) is 1. The molecule has 0 heterocycles. The van der Waals surface area contributed by atoms with Crippen molar-refractivity contribution in [3.05, 3.63) is 65.7 Å². The number of hydrogen-bond acceptors (Lipinski definition) is 2. The Morgan fingerprint density at radius 2 is 1.53 bits per heavy atom. The molecule has 30 heavy (non-hydrogen) atoms. The van der Waals surface area contributed by atoms with Crippen molar-refractivity contribution >= 4 is 15.7 Å². The molecule has 1 atom stereocenters. The predicted molar refractivity (Wildman–Crippen MR) is 120 cm³/mol. The van der Waals surface area contributed by atoms with Gasteiger partial charge in [-0.05, 0) is 42.9 Å². The van der Waals surface area contributed by atoms with Gasteiger partial charge in [0.1, 0.15) is 11.6 Å². The van der Waals surface area contributed by atoms with E-state index >= 15 is 0 Å². The Kier molecular flexibility index (Phi) is 10.3. The normalized spacial score (nSPS) is 12.6. The van der Waals surface area contributed by atoms with Crippen molar-refractivity contribution < 1.29 is 17.2 Å². The largest absolute Gasteiger partial charge is 0.281 e. The predicted octanol–water partition coefficient (Wildman–Crippen LogP) is 7.02. The lowest BCUT2D eigenvalue weighted by Crippen LogP contribution is -2.18. The van der Waals surface area contributed by atoms with Gasteiger partial charge in [-0.3, -0.25) is 4.72 Å². The number of unbranched alkanes of at least 4 members (excludes halogenated alkanes) is 5. The highest BCUT2D eigenvalue weighted by molar-refractivity contribution is 7.92. The molecule has 0 radical (unpaired) electrons. The van der Waals surface area contributed by atoms with Crippen LogP contribution in [0.25, 0.3) is 0 Å². The third-order valence-corrected chi connectivity index (χ3v) is 6.70. The third kappa shape index (κ3) is 8.82. The fourth-order valence-electron chi connectivity index (χ4n) is 3.68. The Morgan fingerprint density at radius 1 is 0.867 bits per heavy atom. The zero-order valence-corrected chi connectivity index (χ0v) is 18.6. The first-order chi connectivity index (χ1) is 14.4. The summed E-state index contributed by atoms with van der Waals surface area (Å²) in [7, 11) is -3.70. The highest BCUT2D eigenvalue weighted by atomic mass is 32.2. The summed E-state index contributed by atoms with van der Waals surface area (Å²) >= 11 is 0. The van der Waals surface area contributed by atoms with Crippen LogP contribution >= 0.6 is 0 Å². The second-order valence-corrected chi connectivity index (χ2v) is 9.69. The van der Waals surface area contributed by atoms with Crippen LogP contribution in [0.2, 0.25) is 0 Å². The van der Waals surface area contributed by atoms with Crippen LogP contribution in [0.4, 0.5) is 14.5 Å². The molecule has 0 aliphatic heterocycles. The second-order valence-electron chi connectivity index (χ2n) is 7.85. The molecule has 0 fully saturated rings. The molecule has 0 spiro atoms. The maximum Gasteiger partial charge on any atom is 0.232 e.